The Labute approximate surface area is 135 Å². The highest BCUT2D eigenvalue weighted by molar-refractivity contribution is 5.59. The third kappa shape index (κ3) is 3.24. The first-order valence-electron chi connectivity index (χ1n) is 7.31. The van der Waals surface area contributed by atoms with Gasteiger partial charge in [0.05, 0.1) is 5.56 Å². The third-order valence-corrected chi connectivity index (χ3v) is 3.55. The fourth-order valence-corrected chi connectivity index (χ4v) is 2.39. The van der Waals surface area contributed by atoms with E-state index in [4.69, 9.17) is 14.4 Å². The Morgan fingerprint density at radius 3 is 2.78 bits per heavy atom. The molecule has 114 valence electrons. The molecule has 3 aromatic rings. The number of hydrogen-bond donors (Lipinski definition) is 0. The molecule has 0 unspecified atom stereocenters. The number of nitrogens with zero attached hydrogens (tertiary/aromatic N) is 2. The standard InChI is InChI=1S/C19H16N2O2/c1-13-7-8-17(14(2)9-13)19-21-16(12-23-19)11-22-18-6-4-3-5-15(18)10-20/h3-9,12H,11H2,1-2H3. The monoisotopic (exact) mass is 304 g/mol. The number of aryl methyl sites for hydroxylation is 2. The van der Waals surface area contributed by atoms with Gasteiger partial charge in [-0.15, -0.1) is 0 Å². The molecule has 0 atom stereocenters. The highest BCUT2D eigenvalue weighted by atomic mass is 16.5. The molecule has 0 bridgehead atoms. The van der Waals surface area contributed by atoms with Crippen LogP contribution in [0.15, 0.2) is 53.1 Å². The Kier molecular flexibility index (Phi) is 4.11. The Morgan fingerprint density at radius 2 is 2.00 bits per heavy atom. The van der Waals surface area contributed by atoms with Gasteiger partial charge in [0, 0.05) is 5.56 Å². The molecule has 23 heavy (non-hydrogen) atoms. The number of nitriles is 1. The molecule has 2 aromatic carbocycles. The Hall–Kier alpha value is -3.06. The molecule has 0 aliphatic carbocycles. The SMILES string of the molecule is Cc1ccc(-c2nc(COc3ccccc3C#N)co2)c(C)c1. The largest absolute Gasteiger partial charge is 0.486 e. The van der Waals surface area contributed by atoms with E-state index in [0.717, 1.165) is 11.1 Å². The summed E-state index contributed by atoms with van der Waals surface area (Å²) in [5.74, 6) is 1.13. The molecule has 4 nitrogen and oxygen atoms in total. The minimum absolute atomic E-state index is 0.257. The van der Waals surface area contributed by atoms with Crippen molar-refractivity contribution in [2.75, 3.05) is 0 Å². The fraction of sp³-hybridized carbons (Fsp3) is 0.158. The highest BCUT2D eigenvalue weighted by Crippen LogP contribution is 2.24. The van der Waals surface area contributed by atoms with Gasteiger partial charge in [-0.2, -0.15) is 5.26 Å². The summed E-state index contributed by atoms with van der Waals surface area (Å²) < 4.78 is 11.2. The van der Waals surface area contributed by atoms with E-state index >= 15 is 0 Å². The fourth-order valence-electron chi connectivity index (χ4n) is 2.39. The summed E-state index contributed by atoms with van der Waals surface area (Å²) in [7, 11) is 0. The van der Waals surface area contributed by atoms with Gasteiger partial charge >= 0.3 is 0 Å². The maximum Gasteiger partial charge on any atom is 0.226 e. The average Bonchev–Trinajstić information content (AvgIpc) is 3.02. The van der Waals surface area contributed by atoms with Crippen LogP contribution in [0.2, 0.25) is 0 Å². The number of aromatic nitrogens is 1. The van der Waals surface area contributed by atoms with E-state index in [1.54, 1.807) is 24.5 Å². The van der Waals surface area contributed by atoms with Gasteiger partial charge in [-0.05, 0) is 37.6 Å². The number of ether oxygens (including phenoxy) is 1. The van der Waals surface area contributed by atoms with E-state index < -0.39 is 0 Å². The first-order chi connectivity index (χ1) is 11.2. The zero-order valence-electron chi connectivity index (χ0n) is 13.0. The topological polar surface area (TPSA) is 59.0 Å². The molecule has 0 aliphatic rings. The van der Waals surface area contributed by atoms with Gasteiger partial charge in [0.2, 0.25) is 5.89 Å². The van der Waals surface area contributed by atoms with Crippen molar-refractivity contribution in [3.63, 3.8) is 0 Å². The van der Waals surface area contributed by atoms with Crippen LogP contribution in [-0.2, 0) is 6.61 Å². The van der Waals surface area contributed by atoms with Crippen molar-refractivity contribution in [2.45, 2.75) is 20.5 Å². The molecule has 4 heteroatoms. The highest BCUT2D eigenvalue weighted by Gasteiger charge is 2.10. The minimum atomic E-state index is 0.257. The zero-order chi connectivity index (χ0) is 16.2. The molecule has 0 N–H and O–H groups in total. The number of para-hydroxylation sites is 1. The molecule has 0 amide bonds. The van der Waals surface area contributed by atoms with Crippen molar-refractivity contribution in [3.8, 4) is 23.3 Å². The quantitative estimate of drug-likeness (QED) is 0.716. The van der Waals surface area contributed by atoms with Crippen LogP contribution in [-0.4, -0.2) is 4.98 Å². The summed E-state index contributed by atoms with van der Waals surface area (Å²) in [5.41, 5.74) is 4.49. The minimum Gasteiger partial charge on any atom is -0.486 e. The van der Waals surface area contributed by atoms with Crippen LogP contribution < -0.4 is 4.74 Å². The van der Waals surface area contributed by atoms with E-state index in [1.165, 1.54) is 5.56 Å². The number of benzene rings is 2. The predicted octanol–water partition coefficient (Wildman–Crippen LogP) is 4.41. The molecule has 0 fully saturated rings. The van der Waals surface area contributed by atoms with Crippen molar-refractivity contribution >= 4 is 0 Å². The first kappa shape index (κ1) is 14.9. The molecule has 0 spiro atoms. The van der Waals surface area contributed by atoms with Crippen LogP contribution in [0.1, 0.15) is 22.4 Å². The molecular formula is C19H16N2O2. The van der Waals surface area contributed by atoms with Crippen molar-refractivity contribution < 1.29 is 9.15 Å². The Balaban J connectivity index is 1.76. The van der Waals surface area contributed by atoms with Crippen LogP contribution in [0.4, 0.5) is 0 Å². The lowest BCUT2D eigenvalue weighted by atomic mass is 10.1. The van der Waals surface area contributed by atoms with Gasteiger partial charge in [-0.1, -0.05) is 29.8 Å². The van der Waals surface area contributed by atoms with Crippen molar-refractivity contribution in [3.05, 3.63) is 71.1 Å². The third-order valence-electron chi connectivity index (χ3n) is 3.55. The second-order valence-corrected chi connectivity index (χ2v) is 5.36. The van der Waals surface area contributed by atoms with Crippen LogP contribution in [0.25, 0.3) is 11.5 Å². The molecule has 0 aliphatic heterocycles. The van der Waals surface area contributed by atoms with Gasteiger partial charge in [0.25, 0.3) is 0 Å². The van der Waals surface area contributed by atoms with Crippen LogP contribution in [0, 0.1) is 25.2 Å². The van der Waals surface area contributed by atoms with Gasteiger partial charge in [-0.25, -0.2) is 4.98 Å². The van der Waals surface area contributed by atoms with E-state index in [-0.39, 0.29) is 6.61 Å². The molecular weight excluding hydrogens is 288 g/mol. The Morgan fingerprint density at radius 1 is 1.17 bits per heavy atom. The Bertz CT molecular complexity index is 875. The van der Waals surface area contributed by atoms with E-state index in [0.29, 0.717) is 22.9 Å². The number of oxazole rings is 1. The van der Waals surface area contributed by atoms with Crippen LogP contribution >= 0.6 is 0 Å². The predicted molar refractivity (Wildman–Crippen MR) is 86.9 cm³/mol. The summed E-state index contributed by atoms with van der Waals surface area (Å²) in [6.45, 7) is 4.34. The molecule has 0 radical (unpaired) electrons. The van der Waals surface area contributed by atoms with Gasteiger partial charge in [-0.3, -0.25) is 0 Å². The molecule has 1 heterocycles. The van der Waals surface area contributed by atoms with Crippen molar-refractivity contribution in [1.29, 1.82) is 5.26 Å². The number of rotatable bonds is 4. The second-order valence-electron chi connectivity index (χ2n) is 5.36. The summed E-state index contributed by atoms with van der Waals surface area (Å²) in [6, 6.07) is 15.4. The molecule has 0 saturated heterocycles. The first-order valence-corrected chi connectivity index (χ1v) is 7.31. The molecule has 3 rings (SSSR count). The lowest BCUT2D eigenvalue weighted by molar-refractivity contribution is 0.300. The summed E-state index contributed by atoms with van der Waals surface area (Å²) in [5, 5.41) is 9.06. The van der Waals surface area contributed by atoms with E-state index in [1.807, 2.05) is 25.1 Å². The zero-order valence-corrected chi connectivity index (χ0v) is 13.0. The van der Waals surface area contributed by atoms with E-state index in [9.17, 15) is 0 Å². The van der Waals surface area contributed by atoms with Crippen molar-refractivity contribution in [2.24, 2.45) is 0 Å². The lowest BCUT2D eigenvalue weighted by Gasteiger charge is -2.05. The molecule has 0 saturated carbocycles. The number of hydrogen-bond acceptors (Lipinski definition) is 4. The van der Waals surface area contributed by atoms with Crippen LogP contribution in [0.3, 0.4) is 0 Å². The van der Waals surface area contributed by atoms with Crippen molar-refractivity contribution in [1.82, 2.24) is 4.98 Å². The summed E-state index contributed by atoms with van der Waals surface area (Å²) in [6.07, 6.45) is 1.59. The summed E-state index contributed by atoms with van der Waals surface area (Å²) in [4.78, 5) is 4.47. The maximum atomic E-state index is 9.06. The maximum absolute atomic E-state index is 9.06. The van der Waals surface area contributed by atoms with Gasteiger partial charge in [0.15, 0.2) is 0 Å². The smallest absolute Gasteiger partial charge is 0.226 e. The second kappa shape index (κ2) is 6.37. The van der Waals surface area contributed by atoms with Crippen LogP contribution in [0.5, 0.6) is 5.75 Å². The lowest BCUT2D eigenvalue weighted by Crippen LogP contribution is -1.97. The van der Waals surface area contributed by atoms with E-state index in [2.05, 4.69) is 24.0 Å². The normalized spacial score (nSPS) is 10.3. The average molecular weight is 304 g/mol. The van der Waals surface area contributed by atoms with Gasteiger partial charge < -0.3 is 9.15 Å². The molecule has 1 aromatic heterocycles. The van der Waals surface area contributed by atoms with Gasteiger partial charge in [0.1, 0.15) is 30.4 Å². The summed E-state index contributed by atoms with van der Waals surface area (Å²) >= 11 is 0.